The van der Waals surface area contributed by atoms with Crippen LogP contribution >= 0.6 is 0 Å². The van der Waals surface area contributed by atoms with Crippen LogP contribution in [0.3, 0.4) is 0 Å². The zero-order valence-electron chi connectivity index (χ0n) is 8.04. The normalized spacial score (nSPS) is 10.6. The Morgan fingerprint density at radius 2 is 1.92 bits per heavy atom. The third kappa shape index (κ3) is 1.31. The second kappa shape index (κ2) is 3.17. The lowest BCUT2D eigenvalue weighted by atomic mass is 10.1. The van der Waals surface area contributed by atoms with Gasteiger partial charge in [0, 0.05) is 11.3 Å². The van der Waals surface area contributed by atoms with Crippen LogP contribution in [0, 0.1) is 6.92 Å². The Balaban J connectivity index is 2.70. The van der Waals surface area contributed by atoms with Gasteiger partial charge < -0.3 is 0 Å². The number of aryl methyl sites for hydroxylation is 1. The molecule has 0 aromatic rings. The number of hydrogen-bond donors (Lipinski definition) is 0. The van der Waals surface area contributed by atoms with Crippen LogP contribution in [0.5, 0.6) is 0 Å². The Bertz CT molecular complexity index is 393. The van der Waals surface area contributed by atoms with Crippen molar-refractivity contribution >= 4 is 0 Å². The van der Waals surface area contributed by atoms with Crippen molar-refractivity contribution in [1.29, 1.82) is 0 Å². The highest BCUT2D eigenvalue weighted by atomic mass is 14.7. The van der Waals surface area contributed by atoms with Crippen LogP contribution in [-0.2, 0) is 6.42 Å². The van der Waals surface area contributed by atoms with E-state index in [1.165, 1.54) is 16.8 Å². The third-order valence-corrected chi connectivity index (χ3v) is 2.44. The molecule has 13 heavy (non-hydrogen) atoms. The van der Waals surface area contributed by atoms with Gasteiger partial charge in [0.05, 0.1) is 5.69 Å². The molecule has 1 heteroatoms. The summed E-state index contributed by atoms with van der Waals surface area (Å²) in [5.41, 5.74) is 4.94. The Labute approximate surface area is 78.8 Å². The molecule has 66 valence electrons. The molecule has 0 amide bonds. The Kier molecular flexibility index (Phi) is 2.01. The van der Waals surface area contributed by atoms with Crippen LogP contribution in [-0.4, -0.2) is 4.98 Å². The van der Waals surface area contributed by atoms with E-state index in [1.807, 2.05) is 12.1 Å². The molecule has 0 saturated heterocycles. The molecule has 0 saturated carbocycles. The summed E-state index contributed by atoms with van der Waals surface area (Å²) in [5, 5.41) is 0. The lowest BCUT2D eigenvalue weighted by Crippen LogP contribution is -1.80. The lowest BCUT2D eigenvalue weighted by molar-refractivity contribution is 1.05. The van der Waals surface area contributed by atoms with Crippen LogP contribution in [0.25, 0.3) is 11.3 Å². The van der Waals surface area contributed by atoms with Crippen LogP contribution in [0.2, 0.25) is 0 Å². The first-order valence-electron chi connectivity index (χ1n) is 4.67. The van der Waals surface area contributed by atoms with Crippen molar-refractivity contribution in [3.05, 3.63) is 41.6 Å². The van der Waals surface area contributed by atoms with E-state index in [1.54, 1.807) is 0 Å². The van der Waals surface area contributed by atoms with Gasteiger partial charge in [-0.15, -0.1) is 0 Å². The van der Waals surface area contributed by atoms with Crippen molar-refractivity contribution in [2.45, 2.75) is 20.3 Å². The number of rotatable bonds is 1. The fourth-order valence-corrected chi connectivity index (χ4v) is 1.68. The van der Waals surface area contributed by atoms with Crippen molar-refractivity contribution in [1.82, 2.24) is 4.98 Å². The van der Waals surface area contributed by atoms with Crippen LogP contribution in [0.15, 0.2) is 30.3 Å². The number of nitrogens with zero attached hydrogens (tertiary/aromatic N) is 1. The molecule has 2 aliphatic rings. The van der Waals surface area contributed by atoms with Gasteiger partial charge in [0.2, 0.25) is 0 Å². The van der Waals surface area contributed by atoms with Crippen molar-refractivity contribution in [2.24, 2.45) is 0 Å². The van der Waals surface area contributed by atoms with Crippen molar-refractivity contribution < 1.29 is 0 Å². The SMILES string of the molecule is CCc1nc2cccccc-2c1C. The smallest absolute Gasteiger partial charge is 0.0708 e. The summed E-state index contributed by atoms with van der Waals surface area (Å²) in [4.78, 5) is 4.57. The van der Waals surface area contributed by atoms with E-state index in [4.69, 9.17) is 0 Å². The second-order valence-electron chi connectivity index (χ2n) is 3.25. The van der Waals surface area contributed by atoms with E-state index in [-0.39, 0.29) is 0 Å². The fraction of sp³-hybridized carbons (Fsp3) is 0.250. The average Bonchev–Trinajstić information content (AvgIpc) is 2.37. The molecule has 1 aliphatic carbocycles. The number of fused-ring (bicyclic) bond motifs is 1. The molecule has 1 heterocycles. The molecule has 0 aromatic heterocycles. The van der Waals surface area contributed by atoms with Gasteiger partial charge in [-0.25, -0.2) is 0 Å². The Morgan fingerprint density at radius 3 is 2.69 bits per heavy atom. The van der Waals surface area contributed by atoms with E-state index in [2.05, 4.69) is 37.0 Å². The van der Waals surface area contributed by atoms with Gasteiger partial charge >= 0.3 is 0 Å². The summed E-state index contributed by atoms with van der Waals surface area (Å²) < 4.78 is 0. The predicted octanol–water partition coefficient (Wildman–Crippen LogP) is 3.06. The van der Waals surface area contributed by atoms with Crippen molar-refractivity contribution in [2.75, 3.05) is 0 Å². The predicted molar refractivity (Wildman–Crippen MR) is 55.0 cm³/mol. The molecule has 0 bridgehead atoms. The van der Waals surface area contributed by atoms with E-state index in [0.29, 0.717) is 0 Å². The molecular formula is C12H13N. The number of hydrogen-bond acceptors (Lipinski definition) is 1. The first-order valence-corrected chi connectivity index (χ1v) is 4.67. The highest BCUT2D eigenvalue weighted by Gasteiger charge is 2.10. The molecule has 0 spiro atoms. The first-order chi connectivity index (χ1) is 6.33. The van der Waals surface area contributed by atoms with Gasteiger partial charge in [0.25, 0.3) is 0 Å². The Morgan fingerprint density at radius 1 is 1.15 bits per heavy atom. The maximum Gasteiger partial charge on any atom is 0.0708 e. The van der Waals surface area contributed by atoms with Crippen LogP contribution in [0.1, 0.15) is 18.2 Å². The summed E-state index contributed by atoms with van der Waals surface area (Å²) in [7, 11) is 0. The van der Waals surface area contributed by atoms with E-state index < -0.39 is 0 Å². The average molecular weight is 171 g/mol. The monoisotopic (exact) mass is 171 g/mol. The summed E-state index contributed by atoms with van der Waals surface area (Å²) in [6, 6.07) is 10.3. The second-order valence-corrected chi connectivity index (χ2v) is 3.25. The van der Waals surface area contributed by atoms with Gasteiger partial charge in [-0.3, -0.25) is 4.98 Å². The highest BCUT2D eigenvalue weighted by molar-refractivity contribution is 5.66. The van der Waals surface area contributed by atoms with E-state index in [9.17, 15) is 0 Å². The van der Waals surface area contributed by atoms with Crippen molar-refractivity contribution in [3.63, 3.8) is 0 Å². The molecule has 0 unspecified atom stereocenters. The van der Waals surface area contributed by atoms with Crippen LogP contribution in [0.4, 0.5) is 0 Å². The molecule has 0 radical (unpaired) electrons. The largest absolute Gasteiger partial charge is 0.253 e. The summed E-state index contributed by atoms with van der Waals surface area (Å²) in [6.07, 6.45) is 1.02. The van der Waals surface area contributed by atoms with Gasteiger partial charge in [-0.1, -0.05) is 31.2 Å². The molecule has 0 atom stereocenters. The van der Waals surface area contributed by atoms with Gasteiger partial charge in [0.15, 0.2) is 0 Å². The molecule has 1 nitrogen and oxygen atoms in total. The molecule has 0 aromatic carbocycles. The first kappa shape index (κ1) is 8.24. The standard InChI is InChI=1S/C12H13N/c1-3-11-9(2)10-7-5-4-6-8-12(10)13-11/h4-8H,3H2,1-2H3. The third-order valence-electron chi connectivity index (χ3n) is 2.44. The maximum absolute atomic E-state index is 4.57. The quantitative estimate of drug-likeness (QED) is 0.642. The molecule has 0 N–H and O–H groups in total. The summed E-state index contributed by atoms with van der Waals surface area (Å²) in [6.45, 7) is 4.29. The van der Waals surface area contributed by atoms with Crippen LogP contribution < -0.4 is 0 Å². The highest BCUT2D eigenvalue weighted by Crippen LogP contribution is 2.26. The minimum atomic E-state index is 1.02. The zero-order chi connectivity index (χ0) is 9.26. The minimum absolute atomic E-state index is 1.02. The molecule has 2 rings (SSSR count). The maximum atomic E-state index is 4.57. The fourth-order valence-electron chi connectivity index (χ4n) is 1.68. The topological polar surface area (TPSA) is 12.9 Å². The van der Waals surface area contributed by atoms with Gasteiger partial charge in [-0.05, 0) is 25.0 Å². The van der Waals surface area contributed by atoms with E-state index >= 15 is 0 Å². The molecule has 1 aliphatic heterocycles. The Hall–Kier alpha value is -1.37. The summed E-state index contributed by atoms with van der Waals surface area (Å²) >= 11 is 0. The lowest BCUT2D eigenvalue weighted by Gasteiger charge is -1.91. The summed E-state index contributed by atoms with van der Waals surface area (Å²) in [5.74, 6) is 0. The van der Waals surface area contributed by atoms with E-state index in [0.717, 1.165) is 12.1 Å². The zero-order valence-corrected chi connectivity index (χ0v) is 8.04. The molecular weight excluding hydrogens is 158 g/mol. The minimum Gasteiger partial charge on any atom is -0.253 e. The van der Waals surface area contributed by atoms with Gasteiger partial charge in [-0.2, -0.15) is 0 Å². The van der Waals surface area contributed by atoms with Crippen molar-refractivity contribution in [3.8, 4) is 11.3 Å². The van der Waals surface area contributed by atoms with Gasteiger partial charge in [0.1, 0.15) is 0 Å². The number of aromatic nitrogens is 1. The molecule has 0 fully saturated rings.